The van der Waals surface area contributed by atoms with Crippen molar-refractivity contribution in [3.8, 4) is 0 Å². The Balaban J connectivity index is 1.73. The maximum absolute atomic E-state index is 11.6. The van der Waals surface area contributed by atoms with Gasteiger partial charge in [-0.2, -0.15) is 0 Å². The van der Waals surface area contributed by atoms with E-state index >= 15 is 0 Å². The molecule has 0 aromatic carbocycles. The van der Waals surface area contributed by atoms with E-state index in [0.717, 1.165) is 32.6 Å². The van der Waals surface area contributed by atoms with Crippen LogP contribution in [0.3, 0.4) is 0 Å². The normalized spacial score (nSPS) is 24.6. The average molecular weight is 197 g/mol. The van der Waals surface area contributed by atoms with Crippen molar-refractivity contribution in [3.05, 3.63) is 0 Å². The van der Waals surface area contributed by atoms with E-state index in [1.54, 1.807) is 0 Å². The number of hydrogen-bond donors (Lipinski definition) is 1. The van der Waals surface area contributed by atoms with Gasteiger partial charge < -0.3 is 15.1 Å². The van der Waals surface area contributed by atoms with Crippen molar-refractivity contribution in [2.75, 3.05) is 45.8 Å². The lowest BCUT2D eigenvalue weighted by Gasteiger charge is -2.32. The van der Waals surface area contributed by atoms with Crippen LogP contribution in [-0.4, -0.2) is 61.5 Å². The molecule has 2 rings (SSSR count). The van der Waals surface area contributed by atoms with Crippen molar-refractivity contribution in [2.45, 2.75) is 12.8 Å². The smallest absolute Gasteiger partial charge is 0.236 e. The van der Waals surface area contributed by atoms with Gasteiger partial charge in [-0.1, -0.05) is 0 Å². The van der Waals surface area contributed by atoms with E-state index in [-0.39, 0.29) is 5.91 Å². The number of nitrogens with zero attached hydrogens (tertiary/aromatic N) is 2. The summed E-state index contributed by atoms with van der Waals surface area (Å²) in [5.74, 6) is 0.267. The second-order valence-corrected chi connectivity index (χ2v) is 4.11. The predicted molar refractivity (Wildman–Crippen MR) is 55.1 cm³/mol. The van der Waals surface area contributed by atoms with Gasteiger partial charge in [-0.3, -0.25) is 4.79 Å². The van der Waals surface area contributed by atoms with E-state index in [1.165, 1.54) is 19.5 Å². The molecular weight excluding hydrogens is 178 g/mol. The number of likely N-dealkylation sites (tertiary alicyclic amines) is 1. The minimum Gasteiger partial charge on any atom is -0.340 e. The Hall–Kier alpha value is -0.610. The van der Waals surface area contributed by atoms with Gasteiger partial charge in [0, 0.05) is 19.6 Å². The zero-order valence-corrected chi connectivity index (χ0v) is 8.67. The van der Waals surface area contributed by atoms with Crippen molar-refractivity contribution in [1.82, 2.24) is 15.1 Å². The predicted octanol–water partition coefficient (Wildman–Crippen LogP) is -0.486. The van der Waals surface area contributed by atoms with Crippen LogP contribution in [0.25, 0.3) is 0 Å². The van der Waals surface area contributed by atoms with E-state index in [0.29, 0.717) is 6.54 Å². The van der Waals surface area contributed by atoms with Gasteiger partial charge in [-0.05, 0) is 32.5 Å². The summed E-state index contributed by atoms with van der Waals surface area (Å²) < 4.78 is 0. The lowest BCUT2D eigenvalue weighted by atomic mass is 10.2. The third-order valence-corrected chi connectivity index (χ3v) is 3.05. The first kappa shape index (κ1) is 9.93. The summed E-state index contributed by atoms with van der Waals surface area (Å²) in [4.78, 5) is 16.0. The fourth-order valence-electron chi connectivity index (χ4n) is 1.93. The molecule has 0 aromatic heterocycles. The van der Waals surface area contributed by atoms with Crippen LogP contribution in [0.4, 0.5) is 0 Å². The molecule has 0 saturated carbocycles. The van der Waals surface area contributed by atoms with Crippen LogP contribution in [0.1, 0.15) is 12.8 Å². The summed E-state index contributed by atoms with van der Waals surface area (Å²) in [5, 5.41) is 3.14. The molecule has 2 aliphatic heterocycles. The molecule has 0 bridgehead atoms. The van der Waals surface area contributed by atoms with Crippen LogP contribution in [0.15, 0.2) is 0 Å². The summed E-state index contributed by atoms with van der Waals surface area (Å²) in [6, 6.07) is 0. The SMILES string of the molecule is O=C1CNCCCN1CCN1CCC1. The van der Waals surface area contributed by atoms with Crippen LogP contribution < -0.4 is 5.32 Å². The number of carbonyl (C=O) groups excluding carboxylic acids is 1. The molecule has 4 nitrogen and oxygen atoms in total. The van der Waals surface area contributed by atoms with Crippen molar-refractivity contribution >= 4 is 5.91 Å². The molecule has 2 fully saturated rings. The largest absolute Gasteiger partial charge is 0.340 e. The molecular formula is C10H19N3O. The second-order valence-electron chi connectivity index (χ2n) is 4.11. The maximum atomic E-state index is 11.6. The number of amides is 1. The molecule has 0 spiro atoms. The molecule has 0 radical (unpaired) electrons. The molecule has 0 aliphatic carbocycles. The van der Waals surface area contributed by atoms with E-state index in [2.05, 4.69) is 10.2 Å². The fraction of sp³-hybridized carbons (Fsp3) is 0.900. The van der Waals surface area contributed by atoms with E-state index in [1.807, 2.05) is 4.90 Å². The van der Waals surface area contributed by atoms with Gasteiger partial charge in [-0.25, -0.2) is 0 Å². The summed E-state index contributed by atoms with van der Waals surface area (Å²) in [6.45, 7) is 6.86. The van der Waals surface area contributed by atoms with Crippen molar-refractivity contribution < 1.29 is 4.79 Å². The highest BCUT2D eigenvalue weighted by Gasteiger charge is 2.19. The first-order valence-electron chi connectivity index (χ1n) is 5.57. The Morgan fingerprint density at radius 2 is 2.00 bits per heavy atom. The molecule has 2 saturated heterocycles. The van der Waals surface area contributed by atoms with Gasteiger partial charge in [0.05, 0.1) is 6.54 Å². The highest BCUT2D eigenvalue weighted by Crippen LogP contribution is 2.05. The minimum atomic E-state index is 0.267. The highest BCUT2D eigenvalue weighted by molar-refractivity contribution is 5.78. The quantitative estimate of drug-likeness (QED) is 0.663. The molecule has 2 heterocycles. The number of rotatable bonds is 3. The fourth-order valence-corrected chi connectivity index (χ4v) is 1.93. The van der Waals surface area contributed by atoms with Gasteiger partial charge >= 0.3 is 0 Å². The van der Waals surface area contributed by atoms with Crippen molar-refractivity contribution in [1.29, 1.82) is 0 Å². The Morgan fingerprint density at radius 1 is 1.14 bits per heavy atom. The average Bonchev–Trinajstić information content (AvgIpc) is 2.29. The van der Waals surface area contributed by atoms with Crippen LogP contribution in [0.5, 0.6) is 0 Å². The highest BCUT2D eigenvalue weighted by atomic mass is 16.2. The minimum absolute atomic E-state index is 0.267. The topological polar surface area (TPSA) is 35.6 Å². The molecule has 0 atom stereocenters. The first-order valence-corrected chi connectivity index (χ1v) is 5.57. The molecule has 14 heavy (non-hydrogen) atoms. The van der Waals surface area contributed by atoms with Gasteiger partial charge in [0.1, 0.15) is 0 Å². The van der Waals surface area contributed by atoms with Crippen LogP contribution >= 0.6 is 0 Å². The Kier molecular flexibility index (Phi) is 3.37. The van der Waals surface area contributed by atoms with E-state index < -0.39 is 0 Å². The zero-order valence-electron chi connectivity index (χ0n) is 8.67. The standard InChI is InChI=1S/C10H19N3O/c14-10-9-11-3-1-6-13(10)8-7-12-4-2-5-12/h11H,1-9H2. The molecule has 1 amide bonds. The summed E-state index contributed by atoms with van der Waals surface area (Å²) in [7, 11) is 0. The van der Waals surface area contributed by atoms with Crippen molar-refractivity contribution in [2.24, 2.45) is 0 Å². The Bertz CT molecular complexity index is 204. The monoisotopic (exact) mass is 197 g/mol. The zero-order chi connectivity index (χ0) is 9.80. The van der Waals surface area contributed by atoms with Crippen molar-refractivity contribution in [3.63, 3.8) is 0 Å². The summed E-state index contributed by atoms with van der Waals surface area (Å²) in [6.07, 6.45) is 2.42. The lowest BCUT2D eigenvalue weighted by molar-refractivity contribution is -0.129. The molecule has 0 aromatic rings. The lowest BCUT2D eigenvalue weighted by Crippen LogP contribution is -2.45. The first-order chi connectivity index (χ1) is 6.86. The Morgan fingerprint density at radius 3 is 2.71 bits per heavy atom. The number of carbonyl (C=O) groups is 1. The van der Waals surface area contributed by atoms with E-state index in [4.69, 9.17) is 0 Å². The summed E-state index contributed by atoms with van der Waals surface area (Å²) in [5.41, 5.74) is 0. The van der Waals surface area contributed by atoms with E-state index in [9.17, 15) is 4.79 Å². The van der Waals surface area contributed by atoms with Crippen LogP contribution in [0.2, 0.25) is 0 Å². The molecule has 2 aliphatic rings. The molecule has 0 unspecified atom stereocenters. The third kappa shape index (κ3) is 2.45. The van der Waals surface area contributed by atoms with Gasteiger partial charge in [0.2, 0.25) is 5.91 Å². The van der Waals surface area contributed by atoms with Gasteiger partial charge in [0.25, 0.3) is 0 Å². The molecule has 80 valence electrons. The summed E-state index contributed by atoms with van der Waals surface area (Å²) >= 11 is 0. The van der Waals surface area contributed by atoms with Gasteiger partial charge in [-0.15, -0.1) is 0 Å². The third-order valence-electron chi connectivity index (χ3n) is 3.05. The maximum Gasteiger partial charge on any atom is 0.236 e. The van der Waals surface area contributed by atoms with Crippen LogP contribution in [-0.2, 0) is 4.79 Å². The second kappa shape index (κ2) is 4.75. The molecule has 4 heteroatoms. The Labute approximate surface area is 85.2 Å². The van der Waals surface area contributed by atoms with Crippen LogP contribution in [0, 0.1) is 0 Å². The molecule has 1 N–H and O–H groups in total. The number of nitrogens with one attached hydrogen (secondary N) is 1. The van der Waals surface area contributed by atoms with Gasteiger partial charge in [0.15, 0.2) is 0 Å². The number of hydrogen-bond acceptors (Lipinski definition) is 3.